The summed E-state index contributed by atoms with van der Waals surface area (Å²) < 4.78 is 10.8. The molecule has 1 aliphatic rings. The van der Waals surface area contributed by atoms with Gasteiger partial charge in [-0.05, 0) is 48.6 Å². The highest BCUT2D eigenvalue weighted by atomic mass is 127. The molecule has 0 saturated carbocycles. The van der Waals surface area contributed by atoms with E-state index in [0.717, 1.165) is 36.7 Å². The van der Waals surface area contributed by atoms with Gasteiger partial charge in [0, 0.05) is 33.1 Å². The van der Waals surface area contributed by atoms with E-state index >= 15 is 0 Å². The van der Waals surface area contributed by atoms with Crippen molar-refractivity contribution in [2.45, 2.75) is 38.8 Å². The van der Waals surface area contributed by atoms with E-state index in [1.165, 1.54) is 11.1 Å². The molecule has 0 fully saturated rings. The zero-order chi connectivity index (χ0) is 22.9. The second-order valence-corrected chi connectivity index (χ2v) is 7.92. The van der Waals surface area contributed by atoms with Gasteiger partial charge in [-0.15, -0.1) is 24.0 Å². The molecule has 8 heteroatoms. The lowest BCUT2D eigenvalue weighted by molar-refractivity contribution is -0.132. The minimum absolute atomic E-state index is 0. The fraction of sp³-hybridized carbons (Fsp3) is 0.440. The Hall–Kier alpha value is -2.49. The summed E-state index contributed by atoms with van der Waals surface area (Å²) in [4.78, 5) is 19.0. The second kappa shape index (κ2) is 13.3. The smallest absolute Gasteiger partial charge is 0.222 e. The highest BCUT2D eigenvalue weighted by Gasteiger charge is 2.22. The zero-order valence-electron chi connectivity index (χ0n) is 19.9. The summed E-state index contributed by atoms with van der Waals surface area (Å²) in [6.07, 6.45) is 2.07. The van der Waals surface area contributed by atoms with Gasteiger partial charge in [0.05, 0.1) is 20.3 Å². The summed E-state index contributed by atoms with van der Waals surface area (Å²) in [7, 11) is 5.03. The number of halogens is 1. The van der Waals surface area contributed by atoms with Gasteiger partial charge in [0.15, 0.2) is 17.5 Å². The number of amides is 1. The quantitative estimate of drug-likeness (QED) is 0.220. The number of methoxy groups -OCH3 is 2. The van der Waals surface area contributed by atoms with Crippen LogP contribution < -0.4 is 20.1 Å². The minimum Gasteiger partial charge on any atom is -0.493 e. The number of aliphatic imine (C=N–C) groups is 1. The van der Waals surface area contributed by atoms with Gasteiger partial charge in [-0.3, -0.25) is 9.79 Å². The molecule has 0 saturated heterocycles. The van der Waals surface area contributed by atoms with Crippen LogP contribution in [0.4, 0.5) is 0 Å². The van der Waals surface area contributed by atoms with E-state index in [9.17, 15) is 4.79 Å². The molecule has 0 bridgehead atoms. The Bertz CT molecular complexity index is 937. The molecule has 0 radical (unpaired) electrons. The summed E-state index contributed by atoms with van der Waals surface area (Å²) in [6.45, 7) is 4.12. The molecular formula is C25H35IN4O3. The molecule has 2 N–H and O–H groups in total. The van der Waals surface area contributed by atoms with E-state index in [1.54, 1.807) is 21.3 Å². The molecule has 1 unspecified atom stereocenters. The van der Waals surface area contributed by atoms with E-state index in [-0.39, 0.29) is 35.9 Å². The van der Waals surface area contributed by atoms with Gasteiger partial charge in [-0.1, -0.05) is 30.3 Å². The van der Waals surface area contributed by atoms with Crippen molar-refractivity contribution in [3.05, 3.63) is 59.2 Å². The molecular weight excluding hydrogens is 531 g/mol. The van der Waals surface area contributed by atoms with E-state index in [1.807, 2.05) is 35.2 Å². The normalized spacial score (nSPS) is 13.9. The van der Waals surface area contributed by atoms with Crippen molar-refractivity contribution in [3.8, 4) is 11.5 Å². The van der Waals surface area contributed by atoms with Gasteiger partial charge in [-0.2, -0.15) is 0 Å². The average molecular weight is 566 g/mol. The van der Waals surface area contributed by atoms with Crippen LogP contribution in [0.3, 0.4) is 0 Å². The van der Waals surface area contributed by atoms with Gasteiger partial charge in [0.2, 0.25) is 5.91 Å². The average Bonchev–Trinajstić information content (AvgIpc) is 2.84. The largest absolute Gasteiger partial charge is 0.493 e. The van der Waals surface area contributed by atoms with Crippen molar-refractivity contribution in [3.63, 3.8) is 0 Å². The summed E-state index contributed by atoms with van der Waals surface area (Å²) >= 11 is 0. The van der Waals surface area contributed by atoms with Crippen LogP contribution in [0.5, 0.6) is 11.5 Å². The van der Waals surface area contributed by atoms with Crippen molar-refractivity contribution < 1.29 is 14.3 Å². The first kappa shape index (κ1) is 26.8. The van der Waals surface area contributed by atoms with Crippen LogP contribution in [0.15, 0.2) is 47.5 Å². The minimum atomic E-state index is 0. The van der Waals surface area contributed by atoms with E-state index < -0.39 is 0 Å². The predicted octanol–water partition coefficient (Wildman–Crippen LogP) is 3.91. The second-order valence-electron chi connectivity index (χ2n) is 7.92. The number of rotatable bonds is 8. The molecule has 1 atom stereocenters. The number of carbonyl (C=O) groups is 1. The lowest BCUT2D eigenvalue weighted by Gasteiger charge is -2.29. The molecule has 7 nitrogen and oxygen atoms in total. The summed E-state index contributed by atoms with van der Waals surface area (Å²) in [6, 6.07) is 14.4. The number of hydrogen-bond donors (Lipinski definition) is 2. The maximum atomic E-state index is 12.8. The van der Waals surface area contributed by atoms with E-state index in [0.29, 0.717) is 25.3 Å². The van der Waals surface area contributed by atoms with E-state index in [4.69, 9.17) is 9.47 Å². The van der Waals surface area contributed by atoms with Gasteiger partial charge < -0.3 is 25.0 Å². The number of guanidine groups is 1. The number of benzene rings is 2. The van der Waals surface area contributed by atoms with Gasteiger partial charge in [0.25, 0.3) is 0 Å². The lowest BCUT2D eigenvalue weighted by atomic mass is 9.98. The van der Waals surface area contributed by atoms with Crippen LogP contribution in [-0.2, 0) is 17.8 Å². The molecule has 1 aliphatic heterocycles. The van der Waals surface area contributed by atoms with Crippen molar-refractivity contribution in [2.24, 2.45) is 4.99 Å². The third-order valence-corrected chi connectivity index (χ3v) is 5.81. The highest BCUT2D eigenvalue weighted by Crippen LogP contribution is 2.33. The first-order chi connectivity index (χ1) is 15.5. The molecule has 33 heavy (non-hydrogen) atoms. The maximum absolute atomic E-state index is 12.8. The zero-order valence-corrected chi connectivity index (χ0v) is 22.2. The van der Waals surface area contributed by atoms with Crippen LogP contribution in [0.2, 0.25) is 0 Å². The Morgan fingerprint density at radius 3 is 2.42 bits per heavy atom. The molecule has 1 amide bonds. The number of hydrogen-bond acceptors (Lipinski definition) is 4. The van der Waals surface area contributed by atoms with Crippen molar-refractivity contribution in [1.29, 1.82) is 0 Å². The number of nitrogens with zero attached hydrogens (tertiary/aromatic N) is 2. The molecule has 0 spiro atoms. The molecule has 0 aromatic heterocycles. The number of fused-ring (bicyclic) bond motifs is 1. The maximum Gasteiger partial charge on any atom is 0.222 e. The molecule has 2 aromatic rings. The van der Waals surface area contributed by atoms with Crippen LogP contribution in [0.25, 0.3) is 0 Å². The number of ether oxygens (including phenoxy) is 2. The Balaban J connectivity index is 0.00000385. The van der Waals surface area contributed by atoms with Crippen LogP contribution in [-0.4, -0.2) is 51.1 Å². The molecule has 0 aliphatic carbocycles. The number of carbonyl (C=O) groups excluding carboxylic acids is 1. The van der Waals surface area contributed by atoms with Gasteiger partial charge >= 0.3 is 0 Å². The van der Waals surface area contributed by atoms with E-state index in [2.05, 4.69) is 34.7 Å². The third-order valence-electron chi connectivity index (χ3n) is 5.81. The first-order valence-corrected chi connectivity index (χ1v) is 11.1. The fourth-order valence-corrected chi connectivity index (χ4v) is 3.93. The van der Waals surface area contributed by atoms with Crippen LogP contribution >= 0.6 is 24.0 Å². The molecule has 3 rings (SSSR count). The topological polar surface area (TPSA) is 75.2 Å². The molecule has 2 aromatic carbocycles. The fourth-order valence-electron chi connectivity index (χ4n) is 3.93. The van der Waals surface area contributed by atoms with Crippen LogP contribution in [0.1, 0.15) is 42.5 Å². The van der Waals surface area contributed by atoms with Crippen molar-refractivity contribution in [2.75, 3.05) is 34.4 Å². The predicted molar refractivity (Wildman–Crippen MR) is 143 cm³/mol. The monoisotopic (exact) mass is 566 g/mol. The Kier molecular flexibility index (Phi) is 10.8. The SMILES string of the molecule is CN=C(NCCCC(=O)N1CCc2cc(OC)c(OC)cc2C1)NC(C)c1ccccc1.I. The standard InChI is InChI=1S/C25H34N4O3.HI/c1-18(19-9-6-5-7-10-19)28-25(26-2)27-13-8-11-24(30)29-14-12-20-15-22(31-3)23(32-4)16-21(20)17-29;/h5-7,9-10,15-16,18H,8,11-14,17H2,1-4H3,(H2,26,27,28);1H. The Labute approximate surface area is 214 Å². The van der Waals surface area contributed by atoms with Crippen molar-refractivity contribution >= 4 is 35.8 Å². The first-order valence-electron chi connectivity index (χ1n) is 11.1. The lowest BCUT2D eigenvalue weighted by Crippen LogP contribution is -2.40. The summed E-state index contributed by atoms with van der Waals surface area (Å²) in [5, 5.41) is 6.70. The summed E-state index contributed by atoms with van der Waals surface area (Å²) in [5.74, 6) is 2.35. The molecule has 180 valence electrons. The van der Waals surface area contributed by atoms with Gasteiger partial charge in [-0.25, -0.2) is 0 Å². The molecule has 1 heterocycles. The highest BCUT2D eigenvalue weighted by molar-refractivity contribution is 14.0. The summed E-state index contributed by atoms with van der Waals surface area (Å²) in [5.41, 5.74) is 3.54. The third kappa shape index (κ3) is 7.25. The van der Waals surface area contributed by atoms with Gasteiger partial charge in [0.1, 0.15) is 0 Å². The Morgan fingerprint density at radius 2 is 1.79 bits per heavy atom. The van der Waals surface area contributed by atoms with Crippen molar-refractivity contribution in [1.82, 2.24) is 15.5 Å². The Morgan fingerprint density at radius 1 is 1.12 bits per heavy atom. The number of nitrogens with one attached hydrogen (secondary N) is 2. The van der Waals surface area contributed by atoms with Crippen LogP contribution in [0, 0.1) is 0 Å².